The van der Waals surface area contributed by atoms with E-state index in [0.717, 1.165) is 37.6 Å². The van der Waals surface area contributed by atoms with E-state index in [-0.39, 0.29) is 11.2 Å². The Balaban J connectivity index is 1.68. The van der Waals surface area contributed by atoms with E-state index < -0.39 is 0 Å². The van der Waals surface area contributed by atoms with Gasteiger partial charge in [-0.3, -0.25) is 9.69 Å². The van der Waals surface area contributed by atoms with Crippen LogP contribution in [0.1, 0.15) is 6.92 Å². The fourth-order valence-electron chi connectivity index (χ4n) is 2.19. The highest BCUT2D eigenvalue weighted by Gasteiger charge is 2.15. The van der Waals surface area contributed by atoms with Crippen LogP contribution >= 0.6 is 23.4 Å². The van der Waals surface area contributed by atoms with Crippen LogP contribution in [-0.4, -0.2) is 55.3 Å². The van der Waals surface area contributed by atoms with E-state index in [9.17, 15) is 4.79 Å². The molecule has 2 N–H and O–H groups in total. The van der Waals surface area contributed by atoms with Crippen LogP contribution < -0.4 is 10.6 Å². The number of rotatable bonds is 6. The van der Waals surface area contributed by atoms with Gasteiger partial charge in [0.25, 0.3) is 0 Å². The Hall–Kier alpha value is -0.750. The summed E-state index contributed by atoms with van der Waals surface area (Å²) in [4.78, 5) is 15.5. The van der Waals surface area contributed by atoms with Gasteiger partial charge in [-0.1, -0.05) is 11.6 Å². The quantitative estimate of drug-likeness (QED) is 0.783. The highest BCUT2D eigenvalue weighted by molar-refractivity contribution is 8.00. The molecule has 21 heavy (non-hydrogen) atoms. The number of piperazine rings is 1. The minimum absolute atomic E-state index is 0.0880. The maximum atomic E-state index is 12.1. The zero-order chi connectivity index (χ0) is 15.1. The van der Waals surface area contributed by atoms with Crippen LogP contribution in [0, 0.1) is 0 Å². The van der Waals surface area contributed by atoms with E-state index in [2.05, 4.69) is 15.5 Å². The van der Waals surface area contributed by atoms with Crippen LogP contribution in [-0.2, 0) is 4.79 Å². The van der Waals surface area contributed by atoms with Gasteiger partial charge in [-0.2, -0.15) is 0 Å². The van der Waals surface area contributed by atoms with Crippen LogP contribution in [0.3, 0.4) is 0 Å². The SMILES string of the molecule is CC(Sc1ccc(Cl)cc1)C(=O)NCCN1CCNCC1. The molecule has 1 aliphatic rings. The molecule has 1 unspecified atom stereocenters. The second kappa shape index (κ2) is 8.63. The van der Waals surface area contributed by atoms with Crippen LogP contribution in [0.5, 0.6) is 0 Å². The molecule has 0 aromatic heterocycles. The lowest BCUT2D eigenvalue weighted by Gasteiger charge is -2.27. The maximum absolute atomic E-state index is 12.1. The zero-order valence-corrected chi connectivity index (χ0v) is 13.8. The molecule has 1 amide bonds. The van der Waals surface area contributed by atoms with Gasteiger partial charge in [0.15, 0.2) is 0 Å². The highest BCUT2D eigenvalue weighted by atomic mass is 35.5. The molecule has 1 aromatic carbocycles. The van der Waals surface area contributed by atoms with Gasteiger partial charge < -0.3 is 10.6 Å². The third kappa shape index (κ3) is 5.87. The molecule has 4 nitrogen and oxygen atoms in total. The van der Waals surface area contributed by atoms with Gasteiger partial charge in [0.05, 0.1) is 5.25 Å². The van der Waals surface area contributed by atoms with Crippen molar-refractivity contribution in [2.75, 3.05) is 39.3 Å². The van der Waals surface area contributed by atoms with Crippen molar-refractivity contribution in [1.82, 2.24) is 15.5 Å². The number of carbonyl (C=O) groups excluding carboxylic acids is 1. The summed E-state index contributed by atoms with van der Waals surface area (Å²) >= 11 is 7.41. The first-order chi connectivity index (χ1) is 10.1. The monoisotopic (exact) mass is 327 g/mol. The third-order valence-electron chi connectivity index (χ3n) is 3.43. The summed E-state index contributed by atoms with van der Waals surface area (Å²) in [6.45, 7) is 7.76. The zero-order valence-electron chi connectivity index (χ0n) is 12.3. The molecule has 1 fully saturated rings. The van der Waals surface area contributed by atoms with E-state index in [0.29, 0.717) is 11.6 Å². The van der Waals surface area contributed by atoms with Gasteiger partial charge in [0.1, 0.15) is 0 Å². The van der Waals surface area contributed by atoms with E-state index in [4.69, 9.17) is 11.6 Å². The minimum atomic E-state index is -0.103. The highest BCUT2D eigenvalue weighted by Crippen LogP contribution is 2.24. The lowest BCUT2D eigenvalue weighted by molar-refractivity contribution is -0.120. The first-order valence-electron chi connectivity index (χ1n) is 7.28. The van der Waals surface area contributed by atoms with Gasteiger partial charge >= 0.3 is 0 Å². The number of benzene rings is 1. The molecule has 1 aromatic rings. The number of hydrogen-bond acceptors (Lipinski definition) is 4. The second-order valence-electron chi connectivity index (χ2n) is 5.10. The minimum Gasteiger partial charge on any atom is -0.354 e. The number of carbonyl (C=O) groups is 1. The number of thioether (sulfide) groups is 1. The Bertz CT molecular complexity index is 449. The van der Waals surface area contributed by atoms with Crippen molar-refractivity contribution >= 4 is 29.3 Å². The Labute approximate surface area is 135 Å². The third-order valence-corrected chi connectivity index (χ3v) is 4.80. The first kappa shape index (κ1) is 16.6. The van der Waals surface area contributed by atoms with Crippen LogP contribution in [0.2, 0.25) is 5.02 Å². The van der Waals surface area contributed by atoms with E-state index in [1.807, 2.05) is 31.2 Å². The smallest absolute Gasteiger partial charge is 0.233 e. The molecule has 0 radical (unpaired) electrons. The molecular formula is C15H22ClN3OS. The Morgan fingerprint density at radius 1 is 1.38 bits per heavy atom. The fraction of sp³-hybridized carbons (Fsp3) is 0.533. The number of halogens is 1. The maximum Gasteiger partial charge on any atom is 0.233 e. The molecule has 0 bridgehead atoms. The van der Waals surface area contributed by atoms with Crippen LogP contribution in [0.15, 0.2) is 29.2 Å². The number of nitrogens with one attached hydrogen (secondary N) is 2. The van der Waals surface area contributed by atoms with E-state index in [1.165, 1.54) is 0 Å². The summed E-state index contributed by atoms with van der Waals surface area (Å²) in [5.74, 6) is 0.0880. The largest absolute Gasteiger partial charge is 0.354 e. The summed E-state index contributed by atoms with van der Waals surface area (Å²) in [6, 6.07) is 7.58. The Morgan fingerprint density at radius 2 is 2.05 bits per heavy atom. The van der Waals surface area contributed by atoms with Crippen molar-refractivity contribution in [2.24, 2.45) is 0 Å². The summed E-state index contributed by atoms with van der Waals surface area (Å²) in [6.07, 6.45) is 0. The predicted molar refractivity (Wildman–Crippen MR) is 89.1 cm³/mol. The average Bonchev–Trinajstić information content (AvgIpc) is 2.50. The number of hydrogen-bond donors (Lipinski definition) is 2. The Kier molecular flexibility index (Phi) is 6.83. The van der Waals surface area contributed by atoms with Crippen LogP contribution in [0.25, 0.3) is 0 Å². The molecule has 1 heterocycles. The number of nitrogens with zero attached hydrogens (tertiary/aromatic N) is 1. The topological polar surface area (TPSA) is 44.4 Å². The fourth-order valence-corrected chi connectivity index (χ4v) is 3.20. The molecule has 0 spiro atoms. The van der Waals surface area contributed by atoms with Crippen LogP contribution in [0.4, 0.5) is 0 Å². The standard InChI is InChI=1S/C15H22ClN3OS/c1-12(21-14-4-2-13(16)3-5-14)15(20)18-8-11-19-9-6-17-7-10-19/h2-5,12,17H,6-11H2,1H3,(H,18,20). The first-order valence-corrected chi connectivity index (χ1v) is 8.54. The molecule has 6 heteroatoms. The predicted octanol–water partition coefficient (Wildman–Crippen LogP) is 1.84. The van der Waals surface area contributed by atoms with Gasteiger partial charge in [-0.25, -0.2) is 0 Å². The second-order valence-corrected chi connectivity index (χ2v) is 6.95. The van der Waals surface area contributed by atoms with Crippen molar-refractivity contribution in [3.63, 3.8) is 0 Å². The molecule has 1 saturated heterocycles. The molecule has 1 aliphatic heterocycles. The van der Waals surface area contributed by atoms with Gasteiger partial charge in [-0.05, 0) is 31.2 Å². The van der Waals surface area contributed by atoms with Crippen molar-refractivity contribution in [2.45, 2.75) is 17.1 Å². The number of amides is 1. The average molecular weight is 328 g/mol. The van der Waals surface area contributed by atoms with E-state index >= 15 is 0 Å². The van der Waals surface area contributed by atoms with Crippen molar-refractivity contribution in [3.8, 4) is 0 Å². The molecule has 0 saturated carbocycles. The summed E-state index contributed by atoms with van der Waals surface area (Å²) in [5.41, 5.74) is 0. The normalized spacial score (nSPS) is 17.4. The molecule has 1 atom stereocenters. The van der Waals surface area contributed by atoms with Crippen molar-refractivity contribution < 1.29 is 4.79 Å². The van der Waals surface area contributed by atoms with Gasteiger partial charge in [-0.15, -0.1) is 11.8 Å². The lowest BCUT2D eigenvalue weighted by Crippen LogP contribution is -2.46. The summed E-state index contributed by atoms with van der Waals surface area (Å²) in [5, 5.41) is 6.95. The van der Waals surface area contributed by atoms with Gasteiger partial charge in [0, 0.05) is 49.2 Å². The summed E-state index contributed by atoms with van der Waals surface area (Å²) < 4.78 is 0. The molecule has 0 aliphatic carbocycles. The molecular weight excluding hydrogens is 306 g/mol. The Morgan fingerprint density at radius 3 is 2.71 bits per heavy atom. The van der Waals surface area contributed by atoms with E-state index in [1.54, 1.807) is 11.8 Å². The molecule has 116 valence electrons. The molecule has 2 rings (SSSR count). The van der Waals surface area contributed by atoms with Crippen molar-refractivity contribution in [1.29, 1.82) is 0 Å². The lowest BCUT2D eigenvalue weighted by atomic mass is 10.3. The van der Waals surface area contributed by atoms with Gasteiger partial charge in [0.2, 0.25) is 5.91 Å². The van der Waals surface area contributed by atoms with Crippen molar-refractivity contribution in [3.05, 3.63) is 29.3 Å². The summed E-state index contributed by atoms with van der Waals surface area (Å²) in [7, 11) is 0.